The molecule has 35 heavy (non-hydrogen) atoms. The molecule has 1 aliphatic rings. The number of rotatable bonds is 7. The fraction of sp³-hybridized carbons (Fsp3) is 0.280. The fourth-order valence-electron chi connectivity index (χ4n) is 4.18. The lowest BCUT2D eigenvalue weighted by molar-refractivity contribution is -0.123. The third-order valence-corrected chi connectivity index (χ3v) is 5.96. The molecule has 0 saturated carbocycles. The van der Waals surface area contributed by atoms with Crippen LogP contribution < -0.4 is 10.1 Å². The van der Waals surface area contributed by atoms with Crippen LogP contribution in [0.1, 0.15) is 40.6 Å². The number of aromatic nitrogens is 6. The van der Waals surface area contributed by atoms with Crippen LogP contribution in [0.3, 0.4) is 0 Å². The van der Waals surface area contributed by atoms with Crippen molar-refractivity contribution in [1.82, 2.24) is 34.6 Å². The second kappa shape index (κ2) is 9.49. The van der Waals surface area contributed by atoms with Crippen molar-refractivity contribution in [2.75, 3.05) is 13.7 Å². The van der Waals surface area contributed by atoms with Crippen molar-refractivity contribution in [2.24, 2.45) is 0 Å². The zero-order chi connectivity index (χ0) is 24.4. The lowest BCUT2D eigenvalue weighted by Gasteiger charge is -2.21. The Morgan fingerprint density at radius 1 is 1.14 bits per heavy atom. The molecule has 0 fully saturated rings. The number of benzene rings is 1. The molecule has 1 aliphatic heterocycles. The number of pyridine rings is 1. The Morgan fingerprint density at radius 3 is 2.71 bits per heavy atom. The van der Waals surface area contributed by atoms with Crippen molar-refractivity contribution in [1.29, 1.82) is 0 Å². The largest absolute Gasteiger partial charge is 0.479 e. The number of imidazole rings is 1. The summed E-state index contributed by atoms with van der Waals surface area (Å²) >= 11 is 0. The van der Waals surface area contributed by atoms with Crippen LogP contribution in [0.4, 0.5) is 0 Å². The molecule has 1 atom stereocenters. The smallest absolute Gasteiger partial charge is 0.238 e. The lowest BCUT2D eigenvalue weighted by Crippen LogP contribution is -2.36. The number of ketones is 1. The van der Waals surface area contributed by atoms with Crippen molar-refractivity contribution in [3.63, 3.8) is 0 Å². The topological polar surface area (TPSA) is 117 Å². The summed E-state index contributed by atoms with van der Waals surface area (Å²) in [6.45, 7) is 2.52. The Kier molecular flexibility index (Phi) is 6.09. The molecule has 0 saturated heterocycles. The van der Waals surface area contributed by atoms with Crippen LogP contribution in [0.15, 0.2) is 55.0 Å². The van der Waals surface area contributed by atoms with Crippen molar-refractivity contribution in [3.05, 3.63) is 72.1 Å². The van der Waals surface area contributed by atoms with Gasteiger partial charge in [-0.2, -0.15) is 0 Å². The highest BCUT2D eigenvalue weighted by Crippen LogP contribution is 2.29. The summed E-state index contributed by atoms with van der Waals surface area (Å²) < 4.78 is 9.10. The third-order valence-electron chi connectivity index (χ3n) is 5.96. The van der Waals surface area contributed by atoms with Gasteiger partial charge in [0.1, 0.15) is 17.2 Å². The molecule has 4 heterocycles. The first-order valence-corrected chi connectivity index (χ1v) is 11.4. The maximum Gasteiger partial charge on any atom is 0.238 e. The Balaban J connectivity index is 1.35. The molecule has 0 aliphatic carbocycles. The van der Waals surface area contributed by atoms with Gasteiger partial charge in [-0.15, -0.1) is 5.10 Å². The van der Waals surface area contributed by atoms with E-state index in [0.29, 0.717) is 41.8 Å². The number of aryl methyl sites for hydroxylation is 2. The van der Waals surface area contributed by atoms with Crippen LogP contribution in [-0.2, 0) is 11.3 Å². The van der Waals surface area contributed by atoms with E-state index < -0.39 is 5.92 Å². The van der Waals surface area contributed by atoms with E-state index in [2.05, 4.69) is 25.4 Å². The maximum atomic E-state index is 13.0. The van der Waals surface area contributed by atoms with E-state index in [1.807, 2.05) is 35.9 Å². The predicted octanol–water partition coefficient (Wildman–Crippen LogP) is 2.72. The highest BCUT2D eigenvalue weighted by Gasteiger charge is 2.31. The summed E-state index contributed by atoms with van der Waals surface area (Å²) in [6.07, 6.45) is 5.02. The van der Waals surface area contributed by atoms with E-state index in [0.717, 1.165) is 17.8 Å². The number of methoxy groups -OCH3 is 1. The maximum absolute atomic E-state index is 13.0. The Bertz CT molecular complexity index is 1380. The first-order chi connectivity index (χ1) is 17.0. The van der Waals surface area contributed by atoms with Gasteiger partial charge in [0.05, 0.1) is 31.6 Å². The number of nitrogens with zero attached hydrogens (tertiary/aromatic N) is 6. The van der Waals surface area contributed by atoms with Crippen molar-refractivity contribution < 1.29 is 14.3 Å². The molecule has 1 N–H and O–H groups in total. The number of ether oxygens (including phenoxy) is 1. The molecule has 0 spiro atoms. The number of nitrogens with one attached hydrogen (secondary N) is 1. The number of Topliss-reactive ketones (excluding diaryl/α,β-unsaturated/α-hetero) is 1. The van der Waals surface area contributed by atoms with Crippen LogP contribution in [0.2, 0.25) is 0 Å². The highest BCUT2D eigenvalue weighted by molar-refractivity contribution is 5.99. The Hall–Kier alpha value is -4.34. The zero-order valence-electron chi connectivity index (χ0n) is 19.5. The second-order valence-corrected chi connectivity index (χ2v) is 8.37. The zero-order valence-corrected chi connectivity index (χ0v) is 19.5. The fourth-order valence-corrected chi connectivity index (χ4v) is 4.18. The number of fused-ring (bicyclic) bond motifs is 1. The van der Waals surface area contributed by atoms with Crippen molar-refractivity contribution >= 4 is 11.7 Å². The summed E-state index contributed by atoms with van der Waals surface area (Å²) in [4.78, 5) is 38.9. The Labute approximate surface area is 202 Å². The van der Waals surface area contributed by atoms with Gasteiger partial charge in [0.15, 0.2) is 11.6 Å². The summed E-state index contributed by atoms with van der Waals surface area (Å²) in [6, 6.07) is 12.6. The number of amides is 1. The molecule has 5 rings (SSSR count). The molecular weight excluding hydrogens is 446 g/mol. The van der Waals surface area contributed by atoms with Crippen molar-refractivity contribution in [3.8, 4) is 23.1 Å². The summed E-state index contributed by atoms with van der Waals surface area (Å²) in [5.74, 6) is 0.565. The Morgan fingerprint density at radius 2 is 1.97 bits per heavy atom. The van der Waals surface area contributed by atoms with E-state index in [9.17, 15) is 9.59 Å². The average molecular weight is 472 g/mol. The molecular formula is C25H25N7O3. The number of carbonyl (C=O) groups excluding carboxylic acids is 2. The first kappa shape index (κ1) is 22.5. The molecule has 178 valence electrons. The number of carbonyl (C=O) groups is 2. The van der Waals surface area contributed by atoms with E-state index in [1.165, 1.54) is 0 Å². The van der Waals surface area contributed by atoms with E-state index in [-0.39, 0.29) is 18.2 Å². The number of hydrogen-bond donors (Lipinski definition) is 1. The molecule has 1 aromatic carbocycles. The second-order valence-electron chi connectivity index (χ2n) is 8.37. The quantitative estimate of drug-likeness (QED) is 0.412. The van der Waals surface area contributed by atoms with Gasteiger partial charge in [-0.1, -0.05) is 30.3 Å². The van der Waals surface area contributed by atoms with Gasteiger partial charge in [0.25, 0.3) is 0 Å². The molecule has 0 bridgehead atoms. The standard InChI is InChI=1S/C25H25N7O3/c1-16-14-31(15-27-16)20-11-10-19(28-25(20)35-2)22-29-23-18(9-6-12-32(23)30-22)24(34)26-13-21(33)17-7-4-3-5-8-17/h3-5,7-8,10-11,14-15,18H,6,9,12-13H2,1-2H3,(H,26,34). The minimum Gasteiger partial charge on any atom is -0.479 e. The van der Waals surface area contributed by atoms with E-state index >= 15 is 0 Å². The van der Waals surface area contributed by atoms with Gasteiger partial charge < -0.3 is 14.6 Å². The van der Waals surface area contributed by atoms with Gasteiger partial charge in [-0.25, -0.2) is 19.6 Å². The van der Waals surface area contributed by atoms with Gasteiger partial charge in [-0.05, 0) is 31.9 Å². The number of hydrogen-bond acceptors (Lipinski definition) is 7. The molecule has 10 heteroatoms. The molecule has 3 aromatic heterocycles. The van der Waals surface area contributed by atoms with Gasteiger partial charge in [-0.3, -0.25) is 9.59 Å². The SMILES string of the molecule is COc1nc(-c2nc3n(n2)CCCC3C(=O)NCC(=O)c2ccccc2)ccc1-n1cnc(C)c1. The summed E-state index contributed by atoms with van der Waals surface area (Å²) in [5.41, 5.74) is 2.74. The predicted molar refractivity (Wildman–Crippen MR) is 127 cm³/mol. The van der Waals surface area contributed by atoms with Crippen LogP contribution in [0.5, 0.6) is 5.88 Å². The van der Waals surface area contributed by atoms with Crippen LogP contribution >= 0.6 is 0 Å². The monoisotopic (exact) mass is 471 g/mol. The summed E-state index contributed by atoms with van der Waals surface area (Å²) in [7, 11) is 1.56. The van der Waals surface area contributed by atoms with Crippen LogP contribution in [0, 0.1) is 6.92 Å². The van der Waals surface area contributed by atoms with Gasteiger partial charge >= 0.3 is 0 Å². The summed E-state index contributed by atoms with van der Waals surface area (Å²) in [5, 5.41) is 7.37. The molecule has 1 unspecified atom stereocenters. The lowest BCUT2D eigenvalue weighted by atomic mass is 9.98. The molecule has 4 aromatic rings. The van der Waals surface area contributed by atoms with Crippen LogP contribution in [-0.4, -0.2) is 54.6 Å². The normalized spacial score (nSPS) is 14.9. The minimum absolute atomic E-state index is 0.0612. The van der Waals surface area contributed by atoms with Crippen molar-refractivity contribution in [2.45, 2.75) is 32.2 Å². The molecule has 1 amide bonds. The third kappa shape index (κ3) is 4.54. The first-order valence-electron chi connectivity index (χ1n) is 11.4. The minimum atomic E-state index is -0.483. The van der Waals surface area contributed by atoms with E-state index in [1.54, 1.807) is 42.4 Å². The van der Waals surface area contributed by atoms with Gasteiger partial charge in [0, 0.05) is 18.3 Å². The average Bonchev–Trinajstić information content (AvgIpc) is 3.53. The van der Waals surface area contributed by atoms with E-state index in [4.69, 9.17) is 4.74 Å². The highest BCUT2D eigenvalue weighted by atomic mass is 16.5. The molecule has 10 nitrogen and oxygen atoms in total. The van der Waals surface area contributed by atoms with Gasteiger partial charge in [0.2, 0.25) is 11.8 Å². The molecule has 0 radical (unpaired) electrons. The van der Waals surface area contributed by atoms with Crippen LogP contribution in [0.25, 0.3) is 17.2 Å².